The minimum atomic E-state index is -0.299. The predicted octanol–water partition coefficient (Wildman–Crippen LogP) is 6.67. The van der Waals surface area contributed by atoms with Crippen LogP contribution in [0.3, 0.4) is 0 Å². The number of furan rings is 1. The molecule has 0 atom stereocenters. The van der Waals surface area contributed by atoms with Crippen molar-refractivity contribution in [1.82, 2.24) is 0 Å². The highest BCUT2D eigenvalue weighted by Crippen LogP contribution is 2.31. The standard InChI is InChI=1S/C19H14Cl2INO2/c1-2-11-9-13(22)4-6-16(11)23-19(24)18-8-7-17(25-18)14-5-3-12(20)10-15(14)21/h3-10H,2H2,1H3,(H,23,24). The molecule has 3 nitrogen and oxygen atoms in total. The number of hydrogen-bond donors (Lipinski definition) is 1. The number of nitrogens with one attached hydrogen (secondary N) is 1. The molecule has 3 rings (SSSR count). The first-order chi connectivity index (χ1) is 12.0. The van der Waals surface area contributed by atoms with E-state index in [4.69, 9.17) is 27.6 Å². The minimum absolute atomic E-state index is 0.224. The summed E-state index contributed by atoms with van der Waals surface area (Å²) in [7, 11) is 0. The van der Waals surface area contributed by atoms with E-state index in [0.717, 1.165) is 21.2 Å². The van der Waals surface area contributed by atoms with Gasteiger partial charge in [0.05, 0.1) is 5.02 Å². The van der Waals surface area contributed by atoms with Crippen LogP contribution in [0.2, 0.25) is 10.0 Å². The van der Waals surface area contributed by atoms with Gasteiger partial charge in [-0.3, -0.25) is 4.79 Å². The Bertz CT molecular complexity index is 937. The molecule has 0 fully saturated rings. The van der Waals surface area contributed by atoms with E-state index in [-0.39, 0.29) is 11.7 Å². The van der Waals surface area contributed by atoms with Gasteiger partial charge in [0.15, 0.2) is 5.76 Å². The summed E-state index contributed by atoms with van der Waals surface area (Å²) in [5, 5.41) is 3.92. The molecule has 3 aromatic rings. The fourth-order valence-corrected chi connectivity index (χ4v) is 3.51. The maximum Gasteiger partial charge on any atom is 0.291 e. The van der Waals surface area contributed by atoms with Gasteiger partial charge in [0.1, 0.15) is 5.76 Å². The molecule has 2 aromatic carbocycles. The largest absolute Gasteiger partial charge is 0.451 e. The quantitative estimate of drug-likeness (QED) is 0.419. The number of hydrogen-bond acceptors (Lipinski definition) is 2. The SMILES string of the molecule is CCc1cc(I)ccc1NC(=O)c1ccc(-c2ccc(Cl)cc2Cl)o1. The highest BCUT2D eigenvalue weighted by atomic mass is 127. The first-order valence-corrected chi connectivity index (χ1v) is 9.46. The van der Waals surface area contributed by atoms with E-state index in [0.29, 0.717) is 21.4 Å². The lowest BCUT2D eigenvalue weighted by atomic mass is 10.1. The Morgan fingerprint density at radius 1 is 1.12 bits per heavy atom. The van der Waals surface area contributed by atoms with Crippen molar-refractivity contribution in [3.8, 4) is 11.3 Å². The van der Waals surface area contributed by atoms with Crippen molar-refractivity contribution in [1.29, 1.82) is 0 Å². The molecule has 0 saturated carbocycles. The molecule has 128 valence electrons. The number of aryl methyl sites for hydroxylation is 1. The number of halogens is 3. The average Bonchev–Trinajstić information content (AvgIpc) is 3.06. The van der Waals surface area contributed by atoms with Crippen LogP contribution < -0.4 is 5.32 Å². The number of carbonyl (C=O) groups excluding carboxylic acids is 1. The maximum atomic E-state index is 12.5. The zero-order valence-electron chi connectivity index (χ0n) is 13.3. The molecule has 0 bridgehead atoms. The van der Waals surface area contributed by atoms with Crippen LogP contribution in [0.5, 0.6) is 0 Å². The van der Waals surface area contributed by atoms with Crippen molar-refractivity contribution in [3.63, 3.8) is 0 Å². The molecule has 0 aliphatic rings. The van der Waals surface area contributed by atoms with Gasteiger partial charge in [-0.15, -0.1) is 0 Å². The highest BCUT2D eigenvalue weighted by molar-refractivity contribution is 14.1. The fourth-order valence-electron chi connectivity index (χ4n) is 2.45. The Morgan fingerprint density at radius 3 is 2.64 bits per heavy atom. The third-order valence-corrected chi connectivity index (χ3v) is 4.94. The molecule has 0 saturated heterocycles. The number of anilines is 1. The zero-order chi connectivity index (χ0) is 18.0. The van der Waals surface area contributed by atoms with E-state index >= 15 is 0 Å². The second-order valence-electron chi connectivity index (χ2n) is 5.40. The molecule has 0 aliphatic carbocycles. The lowest BCUT2D eigenvalue weighted by Gasteiger charge is -2.09. The molecule has 1 N–H and O–H groups in total. The van der Waals surface area contributed by atoms with Gasteiger partial charge in [0.2, 0.25) is 0 Å². The van der Waals surface area contributed by atoms with Gasteiger partial charge >= 0.3 is 0 Å². The molecular weight excluding hydrogens is 472 g/mol. The topological polar surface area (TPSA) is 42.2 Å². The van der Waals surface area contributed by atoms with Gasteiger partial charge in [0.25, 0.3) is 5.91 Å². The summed E-state index contributed by atoms with van der Waals surface area (Å²) < 4.78 is 6.81. The number of carbonyl (C=O) groups is 1. The fraction of sp³-hybridized carbons (Fsp3) is 0.105. The average molecular weight is 486 g/mol. The van der Waals surface area contributed by atoms with Crippen molar-refractivity contribution in [2.75, 3.05) is 5.32 Å². The second kappa shape index (κ2) is 7.81. The van der Waals surface area contributed by atoms with Gasteiger partial charge in [-0.2, -0.15) is 0 Å². The highest BCUT2D eigenvalue weighted by Gasteiger charge is 2.15. The molecule has 0 radical (unpaired) electrons. The Hall–Kier alpha value is -1.50. The lowest BCUT2D eigenvalue weighted by Crippen LogP contribution is -2.12. The molecule has 25 heavy (non-hydrogen) atoms. The van der Waals surface area contributed by atoms with E-state index < -0.39 is 0 Å². The minimum Gasteiger partial charge on any atom is -0.451 e. The lowest BCUT2D eigenvalue weighted by molar-refractivity contribution is 0.0997. The Morgan fingerprint density at radius 2 is 1.92 bits per heavy atom. The Labute approximate surface area is 169 Å². The summed E-state index contributed by atoms with van der Waals surface area (Å²) in [5.74, 6) is 0.444. The summed E-state index contributed by atoms with van der Waals surface area (Å²) in [6.45, 7) is 2.05. The smallest absolute Gasteiger partial charge is 0.291 e. The van der Waals surface area contributed by atoms with E-state index in [1.54, 1.807) is 30.3 Å². The summed E-state index contributed by atoms with van der Waals surface area (Å²) in [6, 6.07) is 14.4. The van der Waals surface area contributed by atoms with Crippen LogP contribution in [0, 0.1) is 3.57 Å². The van der Waals surface area contributed by atoms with Crippen molar-refractivity contribution in [3.05, 3.63) is 73.5 Å². The molecule has 0 unspecified atom stereocenters. The second-order valence-corrected chi connectivity index (χ2v) is 7.49. The zero-order valence-corrected chi connectivity index (χ0v) is 16.9. The van der Waals surface area contributed by atoms with E-state index in [1.807, 2.05) is 12.1 Å². The molecule has 6 heteroatoms. The molecule has 1 aromatic heterocycles. The van der Waals surface area contributed by atoms with Gasteiger partial charge in [0, 0.05) is 19.8 Å². The first kappa shape index (κ1) is 18.3. The van der Waals surface area contributed by atoms with Crippen LogP contribution in [-0.2, 0) is 6.42 Å². The van der Waals surface area contributed by atoms with Gasteiger partial charge < -0.3 is 9.73 Å². The van der Waals surface area contributed by atoms with E-state index in [9.17, 15) is 4.79 Å². The number of rotatable bonds is 4. The predicted molar refractivity (Wildman–Crippen MR) is 111 cm³/mol. The van der Waals surface area contributed by atoms with Gasteiger partial charge in [-0.1, -0.05) is 30.1 Å². The summed E-state index contributed by atoms with van der Waals surface area (Å²) in [6.07, 6.45) is 0.830. The molecule has 0 spiro atoms. The van der Waals surface area contributed by atoms with Crippen molar-refractivity contribution in [2.45, 2.75) is 13.3 Å². The monoisotopic (exact) mass is 485 g/mol. The molecule has 0 aliphatic heterocycles. The number of amides is 1. The Balaban J connectivity index is 1.84. The van der Waals surface area contributed by atoms with Crippen molar-refractivity contribution < 1.29 is 9.21 Å². The summed E-state index contributed by atoms with van der Waals surface area (Å²) >= 11 is 14.4. The summed E-state index contributed by atoms with van der Waals surface area (Å²) in [4.78, 5) is 12.5. The van der Waals surface area contributed by atoms with Gasteiger partial charge in [-0.05, 0) is 83.1 Å². The van der Waals surface area contributed by atoms with Crippen LogP contribution in [0.25, 0.3) is 11.3 Å². The third kappa shape index (κ3) is 4.19. The van der Waals surface area contributed by atoms with Crippen molar-refractivity contribution >= 4 is 57.4 Å². The molecular formula is C19H14Cl2INO2. The number of benzene rings is 2. The molecule has 1 heterocycles. The van der Waals surface area contributed by atoms with Gasteiger partial charge in [-0.25, -0.2) is 0 Å². The van der Waals surface area contributed by atoms with Crippen LogP contribution in [0.15, 0.2) is 52.9 Å². The van der Waals surface area contributed by atoms with Crippen LogP contribution in [0.1, 0.15) is 23.0 Å². The normalized spacial score (nSPS) is 10.7. The van der Waals surface area contributed by atoms with Crippen LogP contribution >= 0.6 is 45.8 Å². The molecule has 1 amide bonds. The van der Waals surface area contributed by atoms with Crippen LogP contribution in [-0.4, -0.2) is 5.91 Å². The Kier molecular flexibility index (Phi) is 5.71. The van der Waals surface area contributed by atoms with Crippen molar-refractivity contribution in [2.24, 2.45) is 0 Å². The maximum absolute atomic E-state index is 12.5. The first-order valence-electron chi connectivity index (χ1n) is 7.63. The third-order valence-electron chi connectivity index (χ3n) is 3.72. The summed E-state index contributed by atoms with van der Waals surface area (Å²) in [5.41, 5.74) is 2.55. The van der Waals surface area contributed by atoms with E-state index in [1.165, 1.54) is 0 Å². The van der Waals surface area contributed by atoms with Crippen LogP contribution in [0.4, 0.5) is 5.69 Å². The van der Waals surface area contributed by atoms with E-state index in [2.05, 4.69) is 40.9 Å².